The summed E-state index contributed by atoms with van der Waals surface area (Å²) in [4.78, 5) is 37.4. The van der Waals surface area contributed by atoms with Gasteiger partial charge in [-0.3, -0.25) is 5.32 Å². The predicted molar refractivity (Wildman–Crippen MR) is 101 cm³/mol. The SMILES string of the molecule is CCOC(=O)N[C@@](Nc1sc2c(c1C(=O)OC)CCCC2)(C(=O)OCC)C(F)(F)F. The third-order valence-electron chi connectivity index (χ3n) is 4.43. The van der Waals surface area contributed by atoms with E-state index in [1.165, 1.54) is 13.8 Å². The van der Waals surface area contributed by atoms with Gasteiger partial charge in [-0.1, -0.05) is 0 Å². The number of halogens is 3. The van der Waals surface area contributed by atoms with Crippen molar-refractivity contribution in [1.82, 2.24) is 5.32 Å². The number of carbonyl (C=O) groups excluding carboxylic acids is 3. The standard InChI is InChI=1S/C18H23F3N2O6S/c1-4-28-15(25)17(18(19,20)21,23-16(26)29-5-2)22-13-12(14(24)27-3)10-8-6-7-9-11(10)30-13/h22H,4-9H2,1-3H3,(H,23,26)/t17-/m0/s1. The molecule has 1 aromatic heterocycles. The summed E-state index contributed by atoms with van der Waals surface area (Å²) in [6, 6.07) is 0. The molecule has 2 rings (SSSR count). The van der Waals surface area contributed by atoms with E-state index in [0.29, 0.717) is 18.4 Å². The number of anilines is 1. The summed E-state index contributed by atoms with van der Waals surface area (Å²) in [5.74, 6) is -2.62. The monoisotopic (exact) mass is 452 g/mol. The number of carbonyl (C=O) groups is 3. The summed E-state index contributed by atoms with van der Waals surface area (Å²) in [6.07, 6.45) is -4.16. The van der Waals surface area contributed by atoms with E-state index in [1.54, 1.807) is 5.32 Å². The minimum Gasteiger partial charge on any atom is -0.465 e. The zero-order valence-electron chi connectivity index (χ0n) is 16.7. The second-order valence-corrected chi connectivity index (χ2v) is 7.45. The number of thiophene rings is 1. The van der Waals surface area contributed by atoms with Crippen LogP contribution in [0.5, 0.6) is 0 Å². The van der Waals surface area contributed by atoms with Crippen LogP contribution in [-0.4, -0.2) is 50.2 Å². The van der Waals surface area contributed by atoms with Crippen LogP contribution in [0.25, 0.3) is 0 Å². The van der Waals surface area contributed by atoms with Crippen molar-refractivity contribution in [2.45, 2.75) is 51.4 Å². The largest absolute Gasteiger partial charge is 0.465 e. The zero-order valence-corrected chi connectivity index (χ0v) is 17.6. The van der Waals surface area contributed by atoms with Crippen LogP contribution in [-0.2, 0) is 31.8 Å². The Labute approximate surface area is 175 Å². The van der Waals surface area contributed by atoms with Gasteiger partial charge >= 0.3 is 29.9 Å². The second-order valence-electron chi connectivity index (χ2n) is 6.35. The fourth-order valence-corrected chi connectivity index (χ4v) is 4.43. The Kier molecular flexibility index (Phi) is 7.56. The number of alkyl halides is 3. The van der Waals surface area contributed by atoms with Gasteiger partial charge in [0.1, 0.15) is 5.00 Å². The van der Waals surface area contributed by atoms with E-state index in [9.17, 15) is 27.6 Å². The highest BCUT2D eigenvalue weighted by atomic mass is 32.1. The van der Waals surface area contributed by atoms with Crippen LogP contribution in [0.2, 0.25) is 0 Å². The summed E-state index contributed by atoms with van der Waals surface area (Å²) >= 11 is 0.913. The molecule has 30 heavy (non-hydrogen) atoms. The number of rotatable bonds is 7. The molecule has 0 aromatic carbocycles. The maximum atomic E-state index is 14.2. The molecule has 0 spiro atoms. The average Bonchev–Trinajstić information content (AvgIpc) is 3.04. The smallest absolute Gasteiger partial charge is 0.442 e. The van der Waals surface area contributed by atoms with E-state index in [0.717, 1.165) is 36.2 Å². The fourth-order valence-electron chi connectivity index (χ4n) is 3.09. The predicted octanol–water partition coefficient (Wildman–Crippen LogP) is 3.39. The fraction of sp³-hybridized carbons (Fsp3) is 0.611. The van der Waals surface area contributed by atoms with Gasteiger partial charge in [-0.25, -0.2) is 14.4 Å². The van der Waals surface area contributed by atoms with Crippen molar-refractivity contribution in [2.75, 3.05) is 25.6 Å². The first kappa shape index (κ1) is 23.8. The molecule has 1 aliphatic rings. The molecule has 0 bridgehead atoms. The number of esters is 2. The summed E-state index contributed by atoms with van der Waals surface area (Å²) in [5.41, 5.74) is -3.16. The van der Waals surface area contributed by atoms with Gasteiger partial charge in [-0.15, -0.1) is 11.3 Å². The molecule has 8 nitrogen and oxygen atoms in total. The summed E-state index contributed by atoms with van der Waals surface area (Å²) < 4.78 is 56.5. The molecule has 0 unspecified atom stereocenters. The van der Waals surface area contributed by atoms with Gasteiger partial charge in [0.05, 0.1) is 25.9 Å². The Morgan fingerprint density at radius 3 is 2.27 bits per heavy atom. The Hall–Kier alpha value is -2.50. The molecule has 12 heteroatoms. The molecule has 0 saturated carbocycles. The van der Waals surface area contributed by atoms with Gasteiger partial charge in [0.15, 0.2) is 0 Å². The van der Waals surface area contributed by atoms with Crippen LogP contribution in [0.4, 0.5) is 23.0 Å². The van der Waals surface area contributed by atoms with Crippen LogP contribution in [0, 0.1) is 0 Å². The molecule has 1 heterocycles. The van der Waals surface area contributed by atoms with Crippen LogP contribution in [0.3, 0.4) is 0 Å². The van der Waals surface area contributed by atoms with Crippen LogP contribution < -0.4 is 10.6 Å². The molecule has 0 saturated heterocycles. The number of ether oxygens (including phenoxy) is 3. The van der Waals surface area contributed by atoms with E-state index in [4.69, 9.17) is 4.74 Å². The average molecular weight is 452 g/mol. The van der Waals surface area contributed by atoms with Crippen molar-refractivity contribution in [3.05, 3.63) is 16.0 Å². The second kappa shape index (κ2) is 9.54. The molecule has 1 aromatic rings. The lowest BCUT2D eigenvalue weighted by molar-refractivity contribution is -0.205. The van der Waals surface area contributed by atoms with E-state index in [2.05, 4.69) is 14.8 Å². The lowest BCUT2D eigenvalue weighted by Gasteiger charge is -2.34. The number of alkyl carbamates (subject to hydrolysis) is 1. The van der Waals surface area contributed by atoms with E-state index >= 15 is 0 Å². The first-order chi connectivity index (χ1) is 14.1. The van der Waals surface area contributed by atoms with E-state index < -0.39 is 29.9 Å². The Balaban J connectivity index is 2.62. The molecular formula is C18H23F3N2O6S. The highest BCUT2D eigenvalue weighted by Crippen LogP contribution is 2.42. The van der Waals surface area contributed by atoms with Crippen LogP contribution >= 0.6 is 11.3 Å². The van der Waals surface area contributed by atoms with Crippen molar-refractivity contribution in [3.63, 3.8) is 0 Å². The molecule has 168 valence electrons. The van der Waals surface area contributed by atoms with Gasteiger partial charge in [-0.2, -0.15) is 13.2 Å². The Morgan fingerprint density at radius 1 is 1.07 bits per heavy atom. The maximum Gasteiger partial charge on any atom is 0.442 e. The van der Waals surface area contributed by atoms with E-state index in [1.807, 2.05) is 0 Å². The van der Waals surface area contributed by atoms with Gasteiger partial charge in [0.25, 0.3) is 0 Å². The van der Waals surface area contributed by atoms with Crippen LogP contribution in [0.15, 0.2) is 0 Å². The molecule has 0 fully saturated rings. The first-order valence-electron chi connectivity index (χ1n) is 9.31. The summed E-state index contributed by atoms with van der Waals surface area (Å²) in [7, 11) is 1.11. The summed E-state index contributed by atoms with van der Waals surface area (Å²) in [5, 5.41) is 3.37. The third kappa shape index (κ3) is 4.63. The molecule has 2 N–H and O–H groups in total. The quantitative estimate of drug-likeness (QED) is 0.371. The number of methoxy groups -OCH3 is 1. The Bertz CT molecular complexity index is 811. The lowest BCUT2D eigenvalue weighted by atomic mass is 9.95. The molecule has 1 aliphatic carbocycles. The molecule has 0 radical (unpaired) electrons. The van der Waals surface area contributed by atoms with Crippen molar-refractivity contribution in [3.8, 4) is 0 Å². The topological polar surface area (TPSA) is 103 Å². The Morgan fingerprint density at radius 2 is 1.70 bits per heavy atom. The molecule has 0 aliphatic heterocycles. The molecule has 1 amide bonds. The number of hydrogen-bond donors (Lipinski definition) is 2. The van der Waals surface area contributed by atoms with Crippen molar-refractivity contribution in [2.24, 2.45) is 0 Å². The maximum absolute atomic E-state index is 14.2. The van der Waals surface area contributed by atoms with Gasteiger partial charge < -0.3 is 19.5 Å². The van der Waals surface area contributed by atoms with Crippen molar-refractivity contribution >= 4 is 34.4 Å². The highest BCUT2D eigenvalue weighted by molar-refractivity contribution is 7.16. The third-order valence-corrected chi connectivity index (χ3v) is 5.64. The highest BCUT2D eigenvalue weighted by Gasteiger charge is 2.64. The number of fused-ring (bicyclic) bond motifs is 1. The number of amides is 1. The van der Waals surface area contributed by atoms with Gasteiger partial charge in [0.2, 0.25) is 0 Å². The zero-order chi connectivity index (χ0) is 22.5. The summed E-state index contributed by atoms with van der Waals surface area (Å²) in [6.45, 7) is 2.14. The van der Waals surface area contributed by atoms with Gasteiger partial charge in [0, 0.05) is 4.88 Å². The normalized spacial score (nSPS) is 15.4. The lowest BCUT2D eigenvalue weighted by Crippen LogP contribution is -2.69. The molecular weight excluding hydrogens is 429 g/mol. The first-order valence-corrected chi connectivity index (χ1v) is 10.1. The minimum absolute atomic E-state index is 0.0826. The number of nitrogens with one attached hydrogen (secondary N) is 2. The van der Waals surface area contributed by atoms with Crippen molar-refractivity contribution < 1.29 is 41.8 Å². The van der Waals surface area contributed by atoms with E-state index in [-0.39, 0.29) is 23.8 Å². The van der Waals surface area contributed by atoms with Crippen molar-refractivity contribution in [1.29, 1.82) is 0 Å². The number of hydrogen-bond acceptors (Lipinski definition) is 8. The number of aryl methyl sites for hydroxylation is 1. The van der Waals surface area contributed by atoms with Gasteiger partial charge in [-0.05, 0) is 45.1 Å². The minimum atomic E-state index is -5.33. The molecule has 1 atom stereocenters. The van der Waals surface area contributed by atoms with Crippen LogP contribution in [0.1, 0.15) is 47.5 Å².